The first-order valence-electron chi connectivity index (χ1n) is 7.44. The van der Waals surface area contributed by atoms with Gasteiger partial charge in [-0.3, -0.25) is 0 Å². The van der Waals surface area contributed by atoms with Crippen molar-refractivity contribution in [2.24, 2.45) is 12.8 Å². The van der Waals surface area contributed by atoms with Gasteiger partial charge in [0.25, 0.3) is 0 Å². The Kier molecular flexibility index (Phi) is 4.00. The number of ether oxygens (including phenoxy) is 1. The number of aromatic nitrogens is 1. The van der Waals surface area contributed by atoms with Crippen LogP contribution in [0.25, 0.3) is 5.76 Å². The Balaban J connectivity index is 2.23. The second kappa shape index (κ2) is 6.28. The van der Waals surface area contributed by atoms with Crippen molar-refractivity contribution in [3.63, 3.8) is 0 Å². The number of nitriles is 3. The van der Waals surface area contributed by atoms with Crippen LogP contribution in [-0.2, 0) is 11.8 Å². The van der Waals surface area contributed by atoms with Crippen LogP contribution in [0.3, 0.4) is 0 Å². The highest BCUT2D eigenvalue weighted by Crippen LogP contribution is 2.41. The molecule has 0 aliphatic carbocycles. The number of rotatable bonds is 2. The summed E-state index contributed by atoms with van der Waals surface area (Å²) in [6, 6.07) is 16.6. The zero-order valence-electron chi connectivity index (χ0n) is 13.4. The second-order valence-corrected chi connectivity index (χ2v) is 5.52. The zero-order valence-corrected chi connectivity index (χ0v) is 13.4. The summed E-state index contributed by atoms with van der Waals surface area (Å²) in [6.07, 6.45) is 1.83. The lowest BCUT2D eigenvalue weighted by atomic mass is 9.83. The summed E-state index contributed by atoms with van der Waals surface area (Å²) in [4.78, 5) is 0. The summed E-state index contributed by atoms with van der Waals surface area (Å²) < 4.78 is 7.45. The Morgan fingerprint density at radius 2 is 1.68 bits per heavy atom. The number of nitrogens with zero attached hydrogens (tertiary/aromatic N) is 4. The lowest BCUT2D eigenvalue weighted by Gasteiger charge is -2.26. The molecule has 1 aliphatic rings. The maximum atomic E-state index is 9.76. The lowest BCUT2D eigenvalue weighted by Crippen LogP contribution is -2.20. The Hall–Kier alpha value is -3.95. The van der Waals surface area contributed by atoms with Crippen LogP contribution in [0.4, 0.5) is 0 Å². The topological polar surface area (TPSA) is 112 Å². The minimum atomic E-state index is -0.638. The highest BCUT2D eigenvalue weighted by atomic mass is 16.5. The summed E-state index contributed by atoms with van der Waals surface area (Å²) >= 11 is 0. The molecule has 6 nitrogen and oxygen atoms in total. The summed E-state index contributed by atoms with van der Waals surface area (Å²) in [5.41, 5.74) is 8.34. The Labute approximate surface area is 144 Å². The van der Waals surface area contributed by atoms with Crippen LogP contribution >= 0.6 is 0 Å². The Morgan fingerprint density at radius 3 is 2.20 bits per heavy atom. The van der Waals surface area contributed by atoms with E-state index in [0.717, 1.165) is 0 Å². The minimum absolute atomic E-state index is 0.0212. The molecule has 0 unspecified atom stereocenters. The number of benzene rings is 1. The molecule has 0 saturated heterocycles. The second-order valence-electron chi connectivity index (χ2n) is 5.52. The summed E-state index contributed by atoms with van der Waals surface area (Å²) in [7, 11) is 1.83. The van der Waals surface area contributed by atoms with Gasteiger partial charge in [0, 0.05) is 13.2 Å². The molecule has 25 heavy (non-hydrogen) atoms. The Morgan fingerprint density at radius 1 is 1.00 bits per heavy atom. The molecule has 3 rings (SSSR count). The number of allylic oxidation sites excluding steroid dienone is 2. The Bertz CT molecular complexity index is 1020. The van der Waals surface area contributed by atoms with Crippen LogP contribution in [-0.4, -0.2) is 4.57 Å². The van der Waals surface area contributed by atoms with Crippen LogP contribution in [0.5, 0.6) is 0 Å². The van der Waals surface area contributed by atoms with E-state index >= 15 is 0 Å². The normalized spacial score (nSPS) is 16.6. The molecule has 0 spiro atoms. The van der Waals surface area contributed by atoms with Crippen molar-refractivity contribution in [3.05, 3.63) is 76.4 Å². The molecular weight excluding hydrogens is 314 g/mol. The number of hydrogen-bond donors (Lipinski definition) is 1. The van der Waals surface area contributed by atoms with E-state index in [1.54, 1.807) is 24.3 Å². The molecule has 1 aromatic heterocycles. The van der Waals surface area contributed by atoms with Gasteiger partial charge in [-0.15, -0.1) is 0 Å². The van der Waals surface area contributed by atoms with Crippen LogP contribution in [0, 0.1) is 34.0 Å². The van der Waals surface area contributed by atoms with Gasteiger partial charge in [-0.25, -0.2) is 0 Å². The van der Waals surface area contributed by atoms with E-state index in [2.05, 4.69) is 6.07 Å². The van der Waals surface area contributed by atoms with E-state index in [-0.39, 0.29) is 11.5 Å². The van der Waals surface area contributed by atoms with Gasteiger partial charge in [-0.1, -0.05) is 12.1 Å². The van der Waals surface area contributed by atoms with Gasteiger partial charge >= 0.3 is 0 Å². The monoisotopic (exact) mass is 327 g/mol. The minimum Gasteiger partial charge on any atom is -0.437 e. The van der Waals surface area contributed by atoms with E-state index in [4.69, 9.17) is 15.7 Å². The van der Waals surface area contributed by atoms with Crippen molar-refractivity contribution >= 4 is 5.76 Å². The van der Waals surface area contributed by atoms with Gasteiger partial charge in [0.05, 0.1) is 34.9 Å². The van der Waals surface area contributed by atoms with Gasteiger partial charge in [-0.05, 0) is 29.8 Å². The van der Waals surface area contributed by atoms with Crippen molar-refractivity contribution in [1.29, 1.82) is 15.8 Å². The third-order valence-corrected chi connectivity index (χ3v) is 4.09. The van der Waals surface area contributed by atoms with Crippen molar-refractivity contribution < 1.29 is 4.74 Å². The number of nitrogens with two attached hydrogens (primary N) is 1. The first-order chi connectivity index (χ1) is 12.1. The third kappa shape index (κ3) is 2.61. The molecule has 1 atom stereocenters. The van der Waals surface area contributed by atoms with Crippen molar-refractivity contribution in [2.75, 3.05) is 0 Å². The molecule has 120 valence electrons. The third-order valence-electron chi connectivity index (χ3n) is 4.09. The first-order valence-corrected chi connectivity index (χ1v) is 7.44. The maximum Gasteiger partial charge on any atom is 0.205 e. The fraction of sp³-hybridized carbons (Fsp3) is 0.105. The molecule has 0 saturated carbocycles. The van der Waals surface area contributed by atoms with E-state index in [0.29, 0.717) is 28.2 Å². The molecule has 6 heteroatoms. The molecule has 0 amide bonds. The molecule has 0 fully saturated rings. The van der Waals surface area contributed by atoms with Crippen LogP contribution in [0.2, 0.25) is 0 Å². The maximum absolute atomic E-state index is 9.76. The molecule has 1 aromatic carbocycles. The molecule has 2 aromatic rings. The van der Waals surface area contributed by atoms with E-state index in [9.17, 15) is 10.5 Å². The number of aryl methyl sites for hydroxylation is 1. The molecule has 1 aliphatic heterocycles. The molecular formula is C19H13N5O. The van der Waals surface area contributed by atoms with Crippen molar-refractivity contribution in [3.8, 4) is 18.2 Å². The highest BCUT2D eigenvalue weighted by molar-refractivity contribution is 5.72. The average Bonchev–Trinajstić information content (AvgIpc) is 3.06. The quantitative estimate of drug-likeness (QED) is 0.911. The number of hydrogen-bond acceptors (Lipinski definition) is 5. The highest BCUT2D eigenvalue weighted by Gasteiger charge is 2.34. The average molecular weight is 327 g/mol. The SMILES string of the molecule is Cn1cccc1C1=C(C#N)[C@H](c2ccc(C#N)cc2)C(C#N)=C(N)O1. The van der Waals surface area contributed by atoms with Crippen molar-refractivity contribution in [2.45, 2.75) is 5.92 Å². The summed E-state index contributed by atoms with van der Waals surface area (Å²) in [5, 5.41) is 28.2. The van der Waals surface area contributed by atoms with Gasteiger partial charge < -0.3 is 15.0 Å². The summed E-state index contributed by atoms with van der Waals surface area (Å²) in [5.74, 6) is -0.325. The van der Waals surface area contributed by atoms with E-state index in [1.807, 2.05) is 42.1 Å². The first kappa shape index (κ1) is 15.9. The van der Waals surface area contributed by atoms with Gasteiger partial charge in [0.1, 0.15) is 11.6 Å². The smallest absolute Gasteiger partial charge is 0.205 e. The van der Waals surface area contributed by atoms with Crippen LogP contribution < -0.4 is 5.73 Å². The molecule has 0 radical (unpaired) electrons. The van der Waals surface area contributed by atoms with Crippen molar-refractivity contribution in [1.82, 2.24) is 4.57 Å². The molecule has 2 heterocycles. The predicted molar refractivity (Wildman–Crippen MR) is 89.8 cm³/mol. The van der Waals surface area contributed by atoms with Crippen LogP contribution in [0.15, 0.2) is 59.6 Å². The van der Waals surface area contributed by atoms with Crippen LogP contribution in [0.1, 0.15) is 22.7 Å². The molecule has 0 bridgehead atoms. The standard InChI is InChI=1S/C19H13N5O/c1-24-8-2-3-16(24)18-14(10-21)17(15(11-22)19(23)25-18)13-6-4-12(9-20)5-7-13/h2-8,17H,23H2,1H3/t17-/m0/s1. The van der Waals surface area contributed by atoms with E-state index in [1.165, 1.54) is 0 Å². The van der Waals surface area contributed by atoms with Gasteiger partial charge in [0.2, 0.25) is 5.88 Å². The van der Waals surface area contributed by atoms with Gasteiger partial charge in [-0.2, -0.15) is 15.8 Å². The molecule has 2 N–H and O–H groups in total. The lowest BCUT2D eigenvalue weighted by molar-refractivity contribution is 0.354. The van der Waals surface area contributed by atoms with Gasteiger partial charge in [0.15, 0.2) is 5.76 Å². The fourth-order valence-corrected chi connectivity index (χ4v) is 2.84. The van der Waals surface area contributed by atoms with E-state index < -0.39 is 5.92 Å². The zero-order chi connectivity index (χ0) is 18.0. The largest absolute Gasteiger partial charge is 0.437 e. The fourth-order valence-electron chi connectivity index (χ4n) is 2.84. The predicted octanol–water partition coefficient (Wildman–Crippen LogP) is 2.64. The summed E-state index contributed by atoms with van der Waals surface area (Å²) in [6.45, 7) is 0.